The van der Waals surface area contributed by atoms with E-state index in [1.54, 1.807) is 11.0 Å². The first-order valence-electron chi connectivity index (χ1n) is 8.24. The molecule has 1 amide bonds. The SMILES string of the molecule is Cc1ccc(CN2CCN(C(=O)c3cccnc3F)[C@@H](C)C2)cc1. The van der Waals surface area contributed by atoms with E-state index in [2.05, 4.69) is 41.1 Å². The van der Waals surface area contributed by atoms with Crippen molar-refractivity contribution in [3.8, 4) is 0 Å². The average Bonchev–Trinajstić information content (AvgIpc) is 2.57. The van der Waals surface area contributed by atoms with Crippen LogP contribution in [0.4, 0.5) is 4.39 Å². The minimum Gasteiger partial charge on any atom is -0.333 e. The standard InChI is InChI=1S/C19H22FN3O/c1-14-5-7-16(8-6-14)13-22-10-11-23(15(2)12-22)19(24)17-4-3-9-21-18(17)20/h3-9,15H,10-13H2,1-2H3/t15-/m0/s1. The second-order valence-corrected chi connectivity index (χ2v) is 6.41. The van der Waals surface area contributed by atoms with Crippen LogP contribution in [0.2, 0.25) is 0 Å². The summed E-state index contributed by atoms with van der Waals surface area (Å²) in [6.45, 7) is 7.11. The predicted molar refractivity (Wildman–Crippen MR) is 91.1 cm³/mol. The van der Waals surface area contributed by atoms with Crippen LogP contribution in [0.1, 0.15) is 28.4 Å². The highest BCUT2D eigenvalue weighted by molar-refractivity contribution is 5.94. The fourth-order valence-corrected chi connectivity index (χ4v) is 3.13. The number of carbonyl (C=O) groups excluding carboxylic acids is 1. The lowest BCUT2D eigenvalue weighted by molar-refractivity contribution is 0.0470. The minimum atomic E-state index is -0.697. The van der Waals surface area contributed by atoms with Crippen molar-refractivity contribution in [2.24, 2.45) is 0 Å². The van der Waals surface area contributed by atoms with E-state index < -0.39 is 5.95 Å². The molecule has 1 aromatic heterocycles. The molecule has 0 bridgehead atoms. The fraction of sp³-hybridized carbons (Fsp3) is 0.368. The monoisotopic (exact) mass is 327 g/mol. The first kappa shape index (κ1) is 16.6. The van der Waals surface area contributed by atoms with Crippen molar-refractivity contribution in [2.75, 3.05) is 19.6 Å². The maximum atomic E-state index is 13.7. The van der Waals surface area contributed by atoms with Crippen molar-refractivity contribution >= 4 is 5.91 Å². The normalized spacial score (nSPS) is 18.6. The highest BCUT2D eigenvalue weighted by Gasteiger charge is 2.29. The topological polar surface area (TPSA) is 36.4 Å². The van der Waals surface area contributed by atoms with Gasteiger partial charge in [0, 0.05) is 38.4 Å². The quantitative estimate of drug-likeness (QED) is 0.814. The van der Waals surface area contributed by atoms with Gasteiger partial charge < -0.3 is 4.90 Å². The van der Waals surface area contributed by atoms with Gasteiger partial charge in [0.1, 0.15) is 0 Å². The van der Waals surface area contributed by atoms with E-state index in [1.165, 1.54) is 23.4 Å². The average molecular weight is 327 g/mol. The van der Waals surface area contributed by atoms with Crippen LogP contribution in [0.25, 0.3) is 0 Å². The Labute approximate surface area is 141 Å². The van der Waals surface area contributed by atoms with E-state index in [9.17, 15) is 9.18 Å². The summed E-state index contributed by atoms with van der Waals surface area (Å²) in [7, 11) is 0. The van der Waals surface area contributed by atoms with E-state index in [4.69, 9.17) is 0 Å². The third kappa shape index (κ3) is 3.62. The van der Waals surface area contributed by atoms with Gasteiger partial charge in [-0.2, -0.15) is 4.39 Å². The predicted octanol–water partition coefficient (Wildman–Crippen LogP) is 2.88. The van der Waals surface area contributed by atoms with Crippen LogP contribution in [0.5, 0.6) is 0 Å². The Hall–Kier alpha value is -2.27. The summed E-state index contributed by atoms with van der Waals surface area (Å²) < 4.78 is 13.7. The van der Waals surface area contributed by atoms with E-state index >= 15 is 0 Å². The van der Waals surface area contributed by atoms with Gasteiger partial charge >= 0.3 is 0 Å². The number of benzene rings is 1. The third-order valence-corrected chi connectivity index (χ3v) is 4.49. The number of hydrogen-bond donors (Lipinski definition) is 0. The van der Waals surface area contributed by atoms with Crippen LogP contribution >= 0.6 is 0 Å². The minimum absolute atomic E-state index is 0.0382. The zero-order valence-corrected chi connectivity index (χ0v) is 14.1. The number of pyridine rings is 1. The molecule has 0 spiro atoms. The van der Waals surface area contributed by atoms with Crippen molar-refractivity contribution < 1.29 is 9.18 Å². The molecule has 126 valence electrons. The van der Waals surface area contributed by atoms with Crippen LogP contribution in [0.15, 0.2) is 42.6 Å². The summed E-state index contributed by atoms with van der Waals surface area (Å²) in [5.74, 6) is -0.972. The molecule has 0 N–H and O–H groups in total. The first-order chi connectivity index (χ1) is 11.5. The highest BCUT2D eigenvalue weighted by Crippen LogP contribution is 2.17. The summed E-state index contributed by atoms with van der Waals surface area (Å²) in [5, 5.41) is 0. The van der Waals surface area contributed by atoms with Gasteiger partial charge in [0.15, 0.2) is 0 Å². The summed E-state index contributed by atoms with van der Waals surface area (Å²) in [4.78, 5) is 20.2. The molecule has 1 aromatic carbocycles. The van der Waals surface area contributed by atoms with E-state index in [1.807, 2.05) is 6.92 Å². The Kier molecular flexibility index (Phi) is 4.90. The molecule has 0 radical (unpaired) electrons. The van der Waals surface area contributed by atoms with Crippen molar-refractivity contribution in [1.82, 2.24) is 14.8 Å². The second kappa shape index (κ2) is 7.09. The smallest absolute Gasteiger partial charge is 0.258 e. The maximum Gasteiger partial charge on any atom is 0.258 e. The van der Waals surface area contributed by atoms with Crippen molar-refractivity contribution in [3.63, 3.8) is 0 Å². The fourth-order valence-electron chi connectivity index (χ4n) is 3.13. The molecule has 2 heterocycles. The molecule has 1 saturated heterocycles. The summed E-state index contributed by atoms with van der Waals surface area (Å²) in [6.07, 6.45) is 1.36. The molecule has 4 nitrogen and oxygen atoms in total. The molecule has 5 heteroatoms. The molecule has 0 unspecified atom stereocenters. The van der Waals surface area contributed by atoms with Gasteiger partial charge in [-0.25, -0.2) is 4.98 Å². The van der Waals surface area contributed by atoms with Crippen molar-refractivity contribution in [2.45, 2.75) is 26.4 Å². The zero-order valence-electron chi connectivity index (χ0n) is 14.1. The second-order valence-electron chi connectivity index (χ2n) is 6.41. The molecule has 1 atom stereocenters. The van der Waals surface area contributed by atoms with Crippen molar-refractivity contribution in [1.29, 1.82) is 0 Å². The molecule has 1 aliphatic rings. The number of piperazine rings is 1. The maximum absolute atomic E-state index is 13.7. The summed E-state index contributed by atoms with van der Waals surface area (Å²) in [6, 6.07) is 11.6. The number of aryl methyl sites for hydroxylation is 1. The molecular weight excluding hydrogens is 305 g/mol. The third-order valence-electron chi connectivity index (χ3n) is 4.49. The summed E-state index contributed by atoms with van der Waals surface area (Å²) in [5.41, 5.74) is 2.57. The van der Waals surface area contributed by atoms with E-state index in [0.717, 1.165) is 19.6 Å². The summed E-state index contributed by atoms with van der Waals surface area (Å²) >= 11 is 0. The Morgan fingerprint density at radius 3 is 2.67 bits per heavy atom. The Morgan fingerprint density at radius 2 is 2.00 bits per heavy atom. The molecular formula is C19H22FN3O. The number of rotatable bonds is 3. The Balaban J connectivity index is 1.64. The van der Waals surface area contributed by atoms with Gasteiger partial charge in [0.25, 0.3) is 5.91 Å². The Morgan fingerprint density at radius 1 is 1.25 bits per heavy atom. The van der Waals surface area contributed by atoms with E-state index in [0.29, 0.717) is 6.54 Å². The lowest BCUT2D eigenvalue weighted by Crippen LogP contribution is -2.53. The van der Waals surface area contributed by atoms with Gasteiger partial charge in [0.2, 0.25) is 5.95 Å². The number of halogens is 1. The van der Waals surface area contributed by atoms with Gasteiger partial charge in [-0.05, 0) is 31.5 Å². The van der Waals surface area contributed by atoms with E-state index in [-0.39, 0.29) is 17.5 Å². The molecule has 24 heavy (non-hydrogen) atoms. The van der Waals surface area contributed by atoms with Crippen LogP contribution in [-0.2, 0) is 6.54 Å². The zero-order chi connectivity index (χ0) is 17.1. The molecule has 1 aliphatic heterocycles. The molecule has 0 saturated carbocycles. The lowest BCUT2D eigenvalue weighted by Gasteiger charge is -2.40. The lowest BCUT2D eigenvalue weighted by atomic mass is 10.1. The van der Waals surface area contributed by atoms with Crippen LogP contribution in [-0.4, -0.2) is 46.4 Å². The van der Waals surface area contributed by atoms with Crippen molar-refractivity contribution in [3.05, 3.63) is 65.2 Å². The number of amides is 1. The first-order valence-corrected chi connectivity index (χ1v) is 8.24. The molecule has 2 aromatic rings. The van der Waals surface area contributed by atoms with Gasteiger partial charge in [-0.1, -0.05) is 29.8 Å². The van der Waals surface area contributed by atoms with Gasteiger partial charge in [-0.15, -0.1) is 0 Å². The van der Waals surface area contributed by atoms with Crippen LogP contribution in [0.3, 0.4) is 0 Å². The largest absolute Gasteiger partial charge is 0.333 e. The number of carbonyl (C=O) groups is 1. The Bertz CT molecular complexity index is 717. The van der Waals surface area contributed by atoms with Crippen LogP contribution in [0, 0.1) is 12.9 Å². The highest BCUT2D eigenvalue weighted by atomic mass is 19.1. The van der Waals surface area contributed by atoms with Crippen LogP contribution < -0.4 is 0 Å². The van der Waals surface area contributed by atoms with Gasteiger partial charge in [-0.3, -0.25) is 9.69 Å². The number of nitrogens with zero attached hydrogens (tertiary/aromatic N) is 3. The van der Waals surface area contributed by atoms with Gasteiger partial charge in [0.05, 0.1) is 5.56 Å². The molecule has 1 fully saturated rings. The number of hydrogen-bond acceptors (Lipinski definition) is 3. The molecule has 0 aliphatic carbocycles. The molecule has 3 rings (SSSR count). The number of aromatic nitrogens is 1.